The van der Waals surface area contributed by atoms with Gasteiger partial charge in [0.25, 0.3) is 5.91 Å². The lowest BCUT2D eigenvalue weighted by Crippen LogP contribution is -2.35. The Kier molecular flexibility index (Phi) is 4.25. The molecule has 1 rings (SSSR count). The van der Waals surface area contributed by atoms with E-state index in [0.717, 1.165) is 0 Å². The summed E-state index contributed by atoms with van der Waals surface area (Å²) < 4.78 is 0. The van der Waals surface area contributed by atoms with Gasteiger partial charge in [-0.2, -0.15) is 0 Å². The van der Waals surface area contributed by atoms with Crippen LogP contribution < -0.4 is 0 Å². The van der Waals surface area contributed by atoms with Crippen LogP contribution in [0, 0.1) is 0 Å². The van der Waals surface area contributed by atoms with E-state index in [2.05, 4.69) is 4.98 Å². The Hall–Kier alpha value is -1.62. The average Bonchev–Trinajstić information content (AvgIpc) is 2.25. The van der Waals surface area contributed by atoms with Crippen LogP contribution in [0.5, 0.6) is 0 Å². The van der Waals surface area contributed by atoms with E-state index in [4.69, 9.17) is 16.7 Å². The minimum absolute atomic E-state index is 0.215. The highest BCUT2D eigenvalue weighted by Crippen LogP contribution is 2.15. The third-order valence-electron chi connectivity index (χ3n) is 1.99. The number of carboxylic acid groups (broad SMARTS) is 1. The van der Waals surface area contributed by atoms with E-state index >= 15 is 0 Å². The van der Waals surface area contributed by atoms with Crippen molar-refractivity contribution in [3.8, 4) is 0 Å². The fourth-order valence-corrected chi connectivity index (χ4v) is 1.38. The van der Waals surface area contributed by atoms with Gasteiger partial charge in [0.05, 0.1) is 10.6 Å². The summed E-state index contributed by atoms with van der Waals surface area (Å²) in [5.74, 6) is -1.49. The van der Waals surface area contributed by atoms with Gasteiger partial charge in [0.15, 0.2) is 0 Å². The molecule has 0 aliphatic heterocycles. The largest absolute Gasteiger partial charge is 0.480 e. The predicted octanol–water partition coefficient (Wildman–Crippen LogP) is 1.28. The summed E-state index contributed by atoms with van der Waals surface area (Å²) in [5.41, 5.74) is 0.215. The number of carbonyl (C=O) groups excluding carboxylic acids is 1. The molecule has 1 heterocycles. The molecule has 1 aromatic heterocycles. The Morgan fingerprint density at radius 1 is 1.56 bits per heavy atom. The molecular weight excluding hydrogens is 232 g/mol. The van der Waals surface area contributed by atoms with E-state index in [1.807, 2.05) is 0 Å². The van der Waals surface area contributed by atoms with Crippen molar-refractivity contribution in [3.63, 3.8) is 0 Å². The molecule has 1 N–H and O–H groups in total. The lowest BCUT2D eigenvalue weighted by atomic mass is 10.2. The van der Waals surface area contributed by atoms with Crippen molar-refractivity contribution in [3.05, 3.63) is 29.0 Å². The molecule has 1 amide bonds. The van der Waals surface area contributed by atoms with Gasteiger partial charge < -0.3 is 10.0 Å². The molecule has 1 aromatic rings. The summed E-state index contributed by atoms with van der Waals surface area (Å²) >= 11 is 5.82. The molecule has 0 radical (unpaired) electrons. The zero-order valence-corrected chi connectivity index (χ0v) is 9.44. The van der Waals surface area contributed by atoms with Gasteiger partial charge in [0.2, 0.25) is 0 Å². The van der Waals surface area contributed by atoms with E-state index in [1.54, 1.807) is 6.92 Å². The minimum Gasteiger partial charge on any atom is -0.480 e. The molecule has 0 aliphatic carbocycles. The maximum Gasteiger partial charge on any atom is 0.323 e. The van der Waals surface area contributed by atoms with Crippen LogP contribution in [-0.2, 0) is 4.79 Å². The number of hydrogen-bond acceptors (Lipinski definition) is 3. The van der Waals surface area contributed by atoms with Crippen molar-refractivity contribution in [1.29, 1.82) is 0 Å². The highest BCUT2D eigenvalue weighted by molar-refractivity contribution is 6.33. The fraction of sp³-hybridized carbons (Fsp3) is 0.300. The van der Waals surface area contributed by atoms with Gasteiger partial charge in [-0.3, -0.25) is 14.6 Å². The number of aromatic nitrogens is 1. The molecule has 0 unspecified atom stereocenters. The molecule has 0 aliphatic rings. The van der Waals surface area contributed by atoms with Crippen LogP contribution in [0.2, 0.25) is 5.02 Å². The van der Waals surface area contributed by atoms with Gasteiger partial charge in [-0.25, -0.2) is 0 Å². The second-order valence-corrected chi connectivity index (χ2v) is 3.48. The van der Waals surface area contributed by atoms with Crippen molar-refractivity contribution >= 4 is 23.5 Å². The maximum atomic E-state index is 11.9. The molecular formula is C10H11ClN2O3. The van der Waals surface area contributed by atoms with Crippen LogP contribution in [-0.4, -0.2) is 40.0 Å². The van der Waals surface area contributed by atoms with Gasteiger partial charge in [0, 0.05) is 18.9 Å². The van der Waals surface area contributed by atoms with Crippen molar-refractivity contribution in [2.75, 3.05) is 13.1 Å². The highest BCUT2D eigenvalue weighted by atomic mass is 35.5. The van der Waals surface area contributed by atoms with Gasteiger partial charge in [-0.05, 0) is 13.0 Å². The molecule has 0 saturated carbocycles. The SMILES string of the molecule is CCN(CC(=O)O)C(=O)c1cnccc1Cl. The smallest absolute Gasteiger partial charge is 0.323 e. The van der Waals surface area contributed by atoms with Crippen LogP contribution in [0.15, 0.2) is 18.5 Å². The Morgan fingerprint density at radius 3 is 2.75 bits per heavy atom. The normalized spacial score (nSPS) is 9.88. The van der Waals surface area contributed by atoms with Crippen LogP contribution in [0.4, 0.5) is 0 Å². The molecule has 86 valence electrons. The number of pyridine rings is 1. The van der Waals surface area contributed by atoms with Crippen molar-refractivity contribution in [2.24, 2.45) is 0 Å². The Morgan fingerprint density at radius 2 is 2.25 bits per heavy atom. The first-order valence-corrected chi connectivity index (χ1v) is 5.04. The van der Waals surface area contributed by atoms with E-state index in [-0.39, 0.29) is 17.1 Å². The van der Waals surface area contributed by atoms with Crippen molar-refractivity contribution in [1.82, 2.24) is 9.88 Å². The van der Waals surface area contributed by atoms with E-state index in [0.29, 0.717) is 6.54 Å². The topological polar surface area (TPSA) is 70.5 Å². The third kappa shape index (κ3) is 2.93. The number of carboxylic acids is 1. The number of hydrogen-bond donors (Lipinski definition) is 1. The van der Waals surface area contributed by atoms with Crippen LogP contribution in [0.1, 0.15) is 17.3 Å². The van der Waals surface area contributed by atoms with Gasteiger partial charge in [-0.1, -0.05) is 11.6 Å². The molecule has 5 nitrogen and oxygen atoms in total. The second kappa shape index (κ2) is 5.46. The predicted molar refractivity (Wildman–Crippen MR) is 58.5 cm³/mol. The molecule has 0 atom stereocenters. The van der Waals surface area contributed by atoms with Gasteiger partial charge in [-0.15, -0.1) is 0 Å². The number of halogens is 1. The first-order chi connectivity index (χ1) is 7.56. The number of likely N-dealkylation sites (N-methyl/N-ethyl adjacent to an activating group) is 1. The van der Waals surface area contributed by atoms with E-state index in [9.17, 15) is 9.59 Å². The van der Waals surface area contributed by atoms with E-state index < -0.39 is 11.9 Å². The first kappa shape index (κ1) is 12.4. The Labute approximate surface area is 97.7 Å². The second-order valence-electron chi connectivity index (χ2n) is 3.07. The van der Waals surface area contributed by atoms with Gasteiger partial charge >= 0.3 is 5.97 Å². The van der Waals surface area contributed by atoms with Crippen LogP contribution >= 0.6 is 11.6 Å². The maximum absolute atomic E-state index is 11.9. The summed E-state index contributed by atoms with van der Waals surface area (Å²) in [6.45, 7) is 1.65. The lowest BCUT2D eigenvalue weighted by Gasteiger charge is -2.18. The Balaban J connectivity index is 2.91. The molecule has 0 bridgehead atoms. The number of nitrogens with zero attached hydrogens (tertiary/aromatic N) is 2. The summed E-state index contributed by atoms with van der Waals surface area (Å²) in [5, 5.41) is 8.91. The lowest BCUT2D eigenvalue weighted by molar-refractivity contribution is -0.137. The van der Waals surface area contributed by atoms with Crippen LogP contribution in [0.3, 0.4) is 0 Å². The summed E-state index contributed by atoms with van der Waals surface area (Å²) in [6, 6.07) is 1.49. The number of amides is 1. The van der Waals surface area contributed by atoms with Crippen molar-refractivity contribution in [2.45, 2.75) is 6.92 Å². The highest BCUT2D eigenvalue weighted by Gasteiger charge is 2.19. The summed E-state index contributed by atoms with van der Waals surface area (Å²) in [4.78, 5) is 27.4. The van der Waals surface area contributed by atoms with Crippen molar-refractivity contribution < 1.29 is 14.7 Å². The number of carbonyl (C=O) groups is 2. The average molecular weight is 243 g/mol. The molecule has 16 heavy (non-hydrogen) atoms. The first-order valence-electron chi connectivity index (χ1n) is 4.66. The molecule has 0 fully saturated rings. The number of aliphatic carboxylic acids is 1. The number of rotatable bonds is 4. The minimum atomic E-state index is -1.06. The van der Waals surface area contributed by atoms with E-state index in [1.165, 1.54) is 23.4 Å². The zero-order valence-electron chi connectivity index (χ0n) is 8.68. The Bertz CT molecular complexity index is 409. The fourth-order valence-electron chi connectivity index (χ4n) is 1.20. The van der Waals surface area contributed by atoms with Crippen LogP contribution in [0.25, 0.3) is 0 Å². The van der Waals surface area contributed by atoms with Gasteiger partial charge in [0.1, 0.15) is 6.54 Å². The quantitative estimate of drug-likeness (QED) is 0.864. The third-order valence-corrected chi connectivity index (χ3v) is 2.32. The zero-order chi connectivity index (χ0) is 12.1. The molecule has 0 aromatic carbocycles. The molecule has 0 saturated heterocycles. The molecule has 6 heteroatoms. The molecule has 0 spiro atoms. The standard InChI is InChI=1S/C10H11ClN2O3/c1-2-13(6-9(14)15)10(16)7-5-12-4-3-8(7)11/h3-5H,2,6H2,1H3,(H,14,15). The summed E-state index contributed by atoms with van der Waals surface area (Å²) in [6.07, 6.45) is 2.79. The monoisotopic (exact) mass is 242 g/mol. The summed E-state index contributed by atoms with van der Waals surface area (Å²) in [7, 11) is 0.